The number of nitrogens with zero attached hydrogens (tertiary/aromatic N) is 2. The van der Waals surface area contributed by atoms with Gasteiger partial charge < -0.3 is 10.3 Å². The zero-order valence-corrected chi connectivity index (χ0v) is 12.0. The van der Waals surface area contributed by atoms with Crippen LogP contribution in [0, 0.1) is 0 Å². The van der Waals surface area contributed by atoms with Crippen molar-refractivity contribution in [2.75, 3.05) is 0 Å². The molecule has 0 aliphatic heterocycles. The predicted molar refractivity (Wildman–Crippen MR) is 68.9 cm³/mol. The van der Waals surface area contributed by atoms with Crippen LogP contribution in [0.1, 0.15) is 20.3 Å². The molecular formula is C10H11Cl3N2O3. The maximum atomic E-state index is 11.4. The third-order valence-corrected chi connectivity index (χ3v) is 2.23. The highest BCUT2D eigenvalue weighted by Gasteiger charge is 2.34. The Morgan fingerprint density at radius 1 is 1.39 bits per heavy atom. The lowest BCUT2D eigenvalue weighted by Gasteiger charge is -2.21. The van der Waals surface area contributed by atoms with Gasteiger partial charge in [-0.2, -0.15) is 4.79 Å². The molecule has 0 heterocycles. The van der Waals surface area contributed by atoms with Crippen molar-refractivity contribution in [3.05, 3.63) is 17.2 Å². The minimum atomic E-state index is -1.83. The minimum absolute atomic E-state index is 0.590. The first kappa shape index (κ1) is 17.1. The Morgan fingerprint density at radius 3 is 2.33 bits per heavy atom. The molecule has 0 aromatic heterocycles. The Kier molecular flexibility index (Phi) is 7.18. The number of halogens is 3. The monoisotopic (exact) mass is 312 g/mol. The molecule has 100 valence electrons. The lowest BCUT2D eigenvalue weighted by atomic mass is 10.2. The fraction of sp³-hybridized carbons (Fsp3) is 0.500. The first-order chi connectivity index (χ1) is 8.16. The highest BCUT2D eigenvalue weighted by atomic mass is 35.6. The summed E-state index contributed by atoms with van der Waals surface area (Å²) in [5.74, 6) is -1.60. The van der Waals surface area contributed by atoms with Gasteiger partial charge in [-0.3, -0.25) is 9.59 Å². The molecule has 5 nitrogen and oxygen atoms in total. The summed E-state index contributed by atoms with van der Waals surface area (Å²) in [6, 6.07) is 0. The van der Waals surface area contributed by atoms with E-state index in [-0.39, 0.29) is 0 Å². The molecule has 0 fully saturated rings. The van der Waals surface area contributed by atoms with Gasteiger partial charge in [-0.25, -0.2) is 0 Å². The fourth-order valence-corrected chi connectivity index (χ4v) is 1.26. The van der Waals surface area contributed by atoms with Crippen LogP contribution in [0.3, 0.4) is 0 Å². The summed E-state index contributed by atoms with van der Waals surface area (Å²) in [6.07, 6.45) is 0.346. The smallest absolute Gasteiger partial charge is 0.323 e. The summed E-state index contributed by atoms with van der Waals surface area (Å²) < 4.78 is 3.04. The van der Waals surface area contributed by atoms with Gasteiger partial charge >= 0.3 is 12.2 Å². The van der Waals surface area contributed by atoms with Crippen molar-refractivity contribution in [2.24, 2.45) is 0 Å². The second kappa shape index (κ2) is 7.54. The van der Waals surface area contributed by atoms with Gasteiger partial charge in [-0.05, 0) is 19.9 Å². The standard InChI is InChI=1S/C10H11Cl3N2O3/c1-6(2)3-8(10(11,12)13)18-9(17)4-7(16)5-15-14/h3,5,8H,4H2,1-2H3. The van der Waals surface area contributed by atoms with Gasteiger partial charge in [0.1, 0.15) is 6.42 Å². The van der Waals surface area contributed by atoms with E-state index in [1.54, 1.807) is 13.8 Å². The van der Waals surface area contributed by atoms with Gasteiger partial charge in [0.15, 0.2) is 6.10 Å². The summed E-state index contributed by atoms with van der Waals surface area (Å²) in [5.41, 5.74) is 8.88. The van der Waals surface area contributed by atoms with Crippen LogP contribution < -0.4 is 0 Å². The number of hydrogen-bond acceptors (Lipinski definition) is 3. The number of carbonyl (C=O) groups excluding carboxylic acids is 2. The maximum absolute atomic E-state index is 11.4. The van der Waals surface area contributed by atoms with E-state index in [0.717, 1.165) is 5.57 Å². The molecule has 0 N–H and O–H groups in total. The average molecular weight is 314 g/mol. The van der Waals surface area contributed by atoms with Crippen LogP contribution in [0.4, 0.5) is 0 Å². The number of rotatable bonds is 5. The van der Waals surface area contributed by atoms with Crippen molar-refractivity contribution in [3.8, 4) is 0 Å². The van der Waals surface area contributed by atoms with Crippen molar-refractivity contribution in [2.45, 2.75) is 30.2 Å². The van der Waals surface area contributed by atoms with Crippen molar-refractivity contribution in [1.29, 1.82) is 0 Å². The van der Waals surface area contributed by atoms with Crippen molar-refractivity contribution >= 4 is 52.8 Å². The van der Waals surface area contributed by atoms with Gasteiger partial charge in [0, 0.05) is 0 Å². The van der Waals surface area contributed by atoms with Crippen LogP contribution in [-0.4, -0.2) is 32.7 Å². The molecule has 18 heavy (non-hydrogen) atoms. The Bertz CT molecular complexity index is 405. The molecule has 0 radical (unpaired) electrons. The summed E-state index contributed by atoms with van der Waals surface area (Å²) >= 11 is 16.9. The molecule has 1 atom stereocenters. The van der Waals surface area contributed by atoms with E-state index in [0.29, 0.717) is 6.21 Å². The van der Waals surface area contributed by atoms with Crippen LogP contribution in [0.15, 0.2) is 11.6 Å². The van der Waals surface area contributed by atoms with E-state index >= 15 is 0 Å². The molecule has 0 amide bonds. The largest absolute Gasteiger partial charge is 0.453 e. The summed E-state index contributed by atoms with van der Waals surface area (Å²) in [7, 11) is 0. The highest BCUT2D eigenvalue weighted by Crippen LogP contribution is 2.33. The zero-order valence-electron chi connectivity index (χ0n) is 9.69. The number of ketones is 1. The van der Waals surface area contributed by atoms with E-state index in [4.69, 9.17) is 45.1 Å². The van der Waals surface area contributed by atoms with E-state index in [2.05, 4.69) is 4.79 Å². The Hall–Kier alpha value is -0.870. The Morgan fingerprint density at radius 2 is 1.94 bits per heavy atom. The molecular weight excluding hydrogens is 302 g/mol. The van der Waals surface area contributed by atoms with E-state index in [9.17, 15) is 9.59 Å². The first-order valence-corrected chi connectivity index (χ1v) is 5.91. The fourth-order valence-electron chi connectivity index (χ4n) is 0.934. The third kappa shape index (κ3) is 7.45. The number of Topliss-reactive ketones (excluding diaryl/α,β-unsaturated/α-hetero) is 1. The van der Waals surface area contributed by atoms with Gasteiger partial charge in [-0.15, -0.1) is 0 Å². The molecule has 0 bridgehead atoms. The predicted octanol–water partition coefficient (Wildman–Crippen LogP) is 2.49. The first-order valence-electron chi connectivity index (χ1n) is 4.78. The topological polar surface area (TPSA) is 79.8 Å². The number of hydrogen-bond donors (Lipinski definition) is 0. The lowest BCUT2D eigenvalue weighted by molar-refractivity contribution is -0.148. The molecule has 0 saturated carbocycles. The lowest BCUT2D eigenvalue weighted by Crippen LogP contribution is -2.30. The summed E-state index contributed by atoms with van der Waals surface area (Å²) in [6.45, 7) is 3.47. The third-order valence-electron chi connectivity index (χ3n) is 1.59. The molecule has 0 rings (SSSR count). The molecule has 1 unspecified atom stereocenters. The molecule has 8 heteroatoms. The van der Waals surface area contributed by atoms with E-state index < -0.39 is 28.1 Å². The highest BCUT2D eigenvalue weighted by molar-refractivity contribution is 6.68. The van der Waals surface area contributed by atoms with Crippen LogP contribution in [-0.2, 0) is 14.3 Å². The van der Waals surface area contributed by atoms with Gasteiger partial charge in [0.2, 0.25) is 9.58 Å². The molecule has 0 spiro atoms. The number of allylic oxidation sites excluding steroid dienone is 1. The van der Waals surface area contributed by atoms with Gasteiger partial charge in [0.25, 0.3) is 0 Å². The van der Waals surface area contributed by atoms with Crippen LogP contribution in [0.5, 0.6) is 0 Å². The van der Waals surface area contributed by atoms with E-state index in [1.807, 2.05) is 0 Å². The number of alkyl halides is 3. The van der Waals surface area contributed by atoms with Crippen molar-refractivity contribution in [3.63, 3.8) is 0 Å². The molecule has 0 aliphatic carbocycles. The average Bonchev–Trinajstić information content (AvgIpc) is 2.14. The van der Waals surface area contributed by atoms with Crippen LogP contribution in [0.25, 0.3) is 5.53 Å². The van der Waals surface area contributed by atoms with Crippen LogP contribution >= 0.6 is 34.8 Å². The molecule has 0 aromatic rings. The van der Waals surface area contributed by atoms with E-state index in [1.165, 1.54) is 6.08 Å². The van der Waals surface area contributed by atoms with Gasteiger partial charge in [-0.1, -0.05) is 40.4 Å². The second-order valence-corrected chi connectivity index (χ2v) is 5.95. The maximum Gasteiger partial charge on any atom is 0.323 e. The summed E-state index contributed by atoms with van der Waals surface area (Å²) in [4.78, 5) is 24.9. The quantitative estimate of drug-likeness (QED) is 0.149. The Balaban J connectivity index is 4.70. The number of esters is 1. The van der Waals surface area contributed by atoms with Crippen LogP contribution in [0.2, 0.25) is 0 Å². The van der Waals surface area contributed by atoms with Crippen molar-refractivity contribution in [1.82, 2.24) is 0 Å². The zero-order chi connectivity index (χ0) is 14.3. The second-order valence-electron chi connectivity index (χ2n) is 3.58. The number of ether oxygens (including phenoxy) is 1. The molecule has 0 aromatic carbocycles. The van der Waals surface area contributed by atoms with Gasteiger partial charge in [0.05, 0.1) is 0 Å². The SMILES string of the molecule is CC(C)=CC(OC(=O)CC(=O)C=[N+]=[N-])C(Cl)(Cl)Cl. The summed E-state index contributed by atoms with van der Waals surface area (Å²) in [5, 5.41) is 0. The molecule has 0 aliphatic rings. The molecule has 0 saturated heterocycles. The Labute approximate surface area is 119 Å². The minimum Gasteiger partial charge on any atom is -0.453 e. The van der Waals surface area contributed by atoms with Crippen molar-refractivity contribution < 1.29 is 19.1 Å². The number of carbonyl (C=O) groups is 2. The normalized spacial score (nSPS) is 12.1.